The SMILES string of the molecule is COc1nc(C)c(Nc2nc(C)cn([C@H](COC(=O)Nc3ccccc3)C3CC3)c2=O)cc1C. The molecule has 0 aliphatic heterocycles. The summed E-state index contributed by atoms with van der Waals surface area (Å²) in [5, 5.41) is 5.85. The molecule has 0 spiro atoms. The lowest BCUT2D eigenvalue weighted by molar-refractivity contribution is 0.135. The largest absolute Gasteiger partial charge is 0.481 e. The molecule has 1 aromatic carbocycles. The molecular formula is C25H29N5O4. The summed E-state index contributed by atoms with van der Waals surface area (Å²) in [5.74, 6) is 1.01. The molecule has 9 heteroatoms. The number of pyridine rings is 1. The maximum absolute atomic E-state index is 13.4. The van der Waals surface area contributed by atoms with E-state index in [1.54, 1.807) is 30.0 Å². The van der Waals surface area contributed by atoms with Gasteiger partial charge in [-0.25, -0.2) is 14.8 Å². The molecule has 4 rings (SSSR count). The van der Waals surface area contributed by atoms with Gasteiger partial charge in [0, 0.05) is 17.4 Å². The number of aromatic nitrogens is 3. The molecule has 9 nitrogen and oxygen atoms in total. The maximum atomic E-state index is 13.4. The number of ether oxygens (including phenoxy) is 2. The number of anilines is 3. The van der Waals surface area contributed by atoms with Gasteiger partial charge in [-0.3, -0.25) is 10.1 Å². The molecule has 1 saturated carbocycles. The molecule has 0 radical (unpaired) electrons. The van der Waals surface area contributed by atoms with Crippen LogP contribution in [0, 0.1) is 26.7 Å². The Bertz CT molecular complexity index is 1240. The van der Waals surface area contributed by atoms with E-state index in [1.165, 1.54) is 0 Å². The second kappa shape index (κ2) is 9.94. The van der Waals surface area contributed by atoms with E-state index in [9.17, 15) is 9.59 Å². The van der Waals surface area contributed by atoms with Crippen LogP contribution in [0.15, 0.2) is 47.4 Å². The quantitative estimate of drug-likeness (QED) is 0.506. The average molecular weight is 464 g/mol. The van der Waals surface area contributed by atoms with Crippen LogP contribution in [0.1, 0.15) is 35.8 Å². The van der Waals surface area contributed by atoms with Crippen molar-refractivity contribution in [3.8, 4) is 5.88 Å². The van der Waals surface area contributed by atoms with E-state index in [0.29, 0.717) is 28.6 Å². The number of aryl methyl sites for hydroxylation is 3. The van der Waals surface area contributed by atoms with Gasteiger partial charge in [-0.2, -0.15) is 0 Å². The van der Waals surface area contributed by atoms with Crippen molar-refractivity contribution in [1.82, 2.24) is 14.5 Å². The summed E-state index contributed by atoms with van der Waals surface area (Å²) in [5.41, 5.74) is 3.27. The number of nitrogens with one attached hydrogen (secondary N) is 2. The number of carbonyl (C=O) groups excluding carboxylic acids is 1. The van der Waals surface area contributed by atoms with Crippen molar-refractivity contribution in [1.29, 1.82) is 0 Å². The molecule has 1 aliphatic rings. The molecule has 0 saturated heterocycles. The minimum absolute atomic E-state index is 0.0916. The van der Waals surface area contributed by atoms with Gasteiger partial charge in [-0.05, 0) is 57.7 Å². The monoisotopic (exact) mass is 463 g/mol. The highest BCUT2D eigenvalue weighted by Gasteiger charge is 2.34. The molecule has 2 N–H and O–H groups in total. The van der Waals surface area contributed by atoms with Crippen molar-refractivity contribution in [3.05, 3.63) is 69.9 Å². The molecule has 0 unspecified atom stereocenters. The van der Waals surface area contributed by atoms with Gasteiger partial charge in [0.1, 0.15) is 6.61 Å². The number of nitrogens with zero attached hydrogens (tertiary/aromatic N) is 3. The number of rotatable bonds is 8. The number of amides is 1. The first-order valence-corrected chi connectivity index (χ1v) is 11.2. The molecule has 2 aromatic heterocycles. The fraction of sp³-hybridized carbons (Fsp3) is 0.360. The Balaban J connectivity index is 1.55. The van der Waals surface area contributed by atoms with Gasteiger partial charge >= 0.3 is 6.09 Å². The van der Waals surface area contributed by atoms with E-state index in [1.807, 2.05) is 45.0 Å². The van der Waals surface area contributed by atoms with E-state index >= 15 is 0 Å². The summed E-state index contributed by atoms with van der Waals surface area (Å²) in [4.78, 5) is 34.6. The Kier molecular flexibility index (Phi) is 6.81. The summed E-state index contributed by atoms with van der Waals surface area (Å²) in [7, 11) is 1.57. The molecule has 2 heterocycles. The summed E-state index contributed by atoms with van der Waals surface area (Å²) < 4.78 is 12.4. The molecule has 0 bridgehead atoms. The van der Waals surface area contributed by atoms with Crippen LogP contribution in [0.4, 0.5) is 22.0 Å². The summed E-state index contributed by atoms with van der Waals surface area (Å²) >= 11 is 0. The topological polar surface area (TPSA) is 107 Å². The van der Waals surface area contributed by atoms with Crippen LogP contribution in [0.3, 0.4) is 0 Å². The zero-order valence-electron chi connectivity index (χ0n) is 19.8. The standard InChI is InChI=1S/C25H29N5O4/c1-15-12-20(17(3)27-23(15)33-4)29-22-24(31)30(13-16(2)26-22)21(18-10-11-18)14-34-25(32)28-19-8-6-5-7-9-19/h5-9,12-13,18,21H,10-11,14H2,1-4H3,(H,26,29)(H,28,32)/t21-/m1/s1. The summed E-state index contributed by atoms with van der Waals surface area (Å²) in [6, 6.07) is 10.7. The minimum Gasteiger partial charge on any atom is -0.481 e. The van der Waals surface area contributed by atoms with E-state index in [-0.39, 0.29) is 29.9 Å². The van der Waals surface area contributed by atoms with Crippen LogP contribution < -0.4 is 20.9 Å². The normalized spacial score (nSPS) is 13.8. The fourth-order valence-electron chi connectivity index (χ4n) is 3.87. The predicted molar refractivity (Wildman–Crippen MR) is 130 cm³/mol. The van der Waals surface area contributed by atoms with Crippen molar-refractivity contribution in [3.63, 3.8) is 0 Å². The molecular weight excluding hydrogens is 434 g/mol. The van der Waals surface area contributed by atoms with Crippen LogP contribution in [0.25, 0.3) is 0 Å². The van der Waals surface area contributed by atoms with Crippen molar-refractivity contribution in [2.45, 2.75) is 39.7 Å². The van der Waals surface area contributed by atoms with Crippen molar-refractivity contribution >= 4 is 23.3 Å². The lowest BCUT2D eigenvalue weighted by Crippen LogP contribution is -2.32. The van der Waals surface area contributed by atoms with Crippen molar-refractivity contribution in [2.75, 3.05) is 24.4 Å². The first kappa shape index (κ1) is 23.3. The third-order valence-corrected chi connectivity index (χ3v) is 5.78. The van der Waals surface area contributed by atoms with Gasteiger partial charge in [0.05, 0.1) is 30.2 Å². The van der Waals surface area contributed by atoms with Gasteiger partial charge in [0.25, 0.3) is 5.56 Å². The summed E-state index contributed by atoms with van der Waals surface area (Å²) in [6.07, 6.45) is 3.13. The molecule has 1 atom stereocenters. The van der Waals surface area contributed by atoms with E-state index in [4.69, 9.17) is 9.47 Å². The highest BCUT2D eigenvalue weighted by atomic mass is 16.5. The zero-order chi connectivity index (χ0) is 24.2. The fourth-order valence-corrected chi connectivity index (χ4v) is 3.87. The average Bonchev–Trinajstić information content (AvgIpc) is 3.65. The van der Waals surface area contributed by atoms with Crippen molar-refractivity contribution in [2.24, 2.45) is 5.92 Å². The Morgan fingerprint density at radius 1 is 1.18 bits per heavy atom. The smallest absolute Gasteiger partial charge is 0.411 e. The highest BCUT2D eigenvalue weighted by molar-refractivity contribution is 5.84. The number of hydrogen-bond donors (Lipinski definition) is 2. The number of para-hydroxylation sites is 1. The van der Waals surface area contributed by atoms with Crippen LogP contribution in [-0.4, -0.2) is 34.3 Å². The maximum Gasteiger partial charge on any atom is 0.411 e. The van der Waals surface area contributed by atoms with Gasteiger partial charge < -0.3 is 19.4 Å². The third-order valence-electron chi connectivity index (χ3n) is 5.78. The zero-order valence-corrected chi connectivity index (χ0v) is 19.8. The first-order chi connectivity index (χ1) is 16.4. The molecule has 1 fully saturated rings. The molecule has 178 valence electrons. The Labute approximate surface area is 198 Å². The first-order valence-electron chi connectivity index (χ1n) is 11.2. The Morgan fingerprint density at radius 2 is 1.91 bits per heavy atom. The van der Waals surface area contributed by atoms with E-state index < -0.39 is 6.09 Å². The molecule has 1 amide bonds. The van der Waals surface area contributed by atoms with E-state index in [0.717, 1.165) is 18.4 Å². The number of methoxy groups -OCH3 is 1. The summed E-state index contributed by atoms with van der Waals surface area (Å²) in [6.45, 7) is 5.65. The second-order valence-electron chi connectivity index (χ2n) is 8.51. The van der Waals surface area contributed by atoms with Crippen LogP contribution in [-0.2, 0) is 4.74 Å². The molecule has 3 aromatic rings. The lowest BCUT2D eigenvalue weighted by Gasteiger charge is -2.21. The number of carbonyl (C=O) groups is 1. The van der Waals surface area contributed by atoms with Crippen LogP contribution in [0.2, 0.25) is 0 Å². The second-order valence-corrected chi connectivity index (χ2v) is 8.51. The number of hydrogen-bond acceptors (Lipinski definition) is 7. The molecule has 34 heavy (non-hydrogen) atoms. The predicted octanol–water partition coefficient (Wildman–Crippen LogP) is 4.52. The number of benzene rings is 1. The third kappa shape index (κ3) is 5.36. The Morgan fingerprint density at radius 3 is 2.59 bits per heavy atom. The molecule has 1 aliphatic carbocycles. The lowest BCUT2D eigenvalue weighted by atomic mass is 10.2. The van der Waals surface area contributed by atoms with Crippen molar-refractivity contribution < 1.29 is 14.3 Å². The van der Waals surface area contributed by atoms with Crippen LogP contribution >= 0.6 is 0 Å². The van der Waals surface area contributed by atoms with Gasteiger partial charge in [-0.1, -0.05) is 18.2 Å². The van der Waals surface area contributed by atoms with E-state index in [2.05, 4.69) is 20.6 Å². The van der Waals surface area contributed by atoms with Gasteiger partial charge in [0.15, 0.2) is 5.82 Å². The van der Waals surface area contributed by atoms with Gasteiger partial charge in [-0.15, -0.1) is 0 Å². The van der Waals surface area contributed by atoms with Gasteiger partial charge in [0.2, 0.25) is 5.88 Å². The highest BCUT2D eigenvalue weighted by Crippen LogP contribution is 2.39. The minimum atomic E-state index is -0.551. The Hall–Kier alpha value is -3.88. The van der Waals surface area contributed by atoms with Crippen LogP contribution in [0.5, 0.6) is 5.88 Å².